The highest BCUT2D eigenvalue weighted by Gasteiger charge is 2.44. The van der Waals surface area contributed by atoms with Gasteiger partial charge in [0.2, 0.25) is 0 Å². The van der Waals surface area contributed by atoms with Gasteiger partial charge in [0, 0.05) is 0 Å². The number of Topliss-reactive ketones (excluding diaryl/α,β-unsaturated/α-hetero) is 1. The van der Waals surface area contributed by atoms with Crippen LogP contribution >= 0.6 is 0 Å². The molecule has 2 rings (SSSR count). The van der Waals surface area contributed by atoms with Gasteiger partial charge in [0.05, 0.1) is 11.0 Å². The van der Waals surface area contributed by atoms with E-state index in [0.29, 0.717) is 0 Å². The van der Waals surface area contributed by atoms with E-state index in [2.05, 4.69) is 0 Å². The van der Waals surface area contributed by atoms with Gasteiger partial charge in [-0.25, -0.2) is 0 Å². The molecule has 0 amide bonds. The molecule has 4 heteroatoms. The van der Waals surface area contributed by atoms with E-state index in [1.54, 1.807) is 26.8 Å². The minimum Gasteiger partial charge on any atom is -0.511 e. The number of hydrogen-bond donors (Lipinski definition) is 3. The minimum absolute atomic E-state index is 0.0903. The molecule has 0 aliphatic heterocycles. The molecule has 116 valence electrons. The number of rotatable bonds is 2. The normalized spacial score (nSPS) is 24.0. The molecule has 1 aliphatic carbocycles. The van der Waals surface area contributed by atoms with E-state index < -0.39 is 17.3 Å². The minimum atomic E-state index is -1.30. The van der Waals surface area contributed by atoms with Crippen LogP contribution in [-0.2, 0) is 4.79 Å². The first-order valence-electron chi connectivity index (χ1n) is 7.06. The Labute approximate surface area is 129 Å². The van der Waals surface area contributed by atoms with E-state index in [1.807, 2.05) is 30.3 Å². The molecule has 1 atom stereocenters. The number of aliphatic hydroxyl groups is 3. The van der Waals surface area contributed by atoms with E-state index in [4.69, 9.17) is 0 Å². The van der Waals surface area contributed by atoms with Gasteiger partial charge in [-0.3, -0.25) is 4.79 Å². The summed E-state index contributed by atoms with van der Waals surface area (Å²) in [4.78, 5) is 12.5. The van der Waals surface area contributed by atoms with Crippen molar-refractivity contribution in [3.63, 3.8) is 0 Å². The second-order valence-corrected chi connectivity index (χ2v) is 5.93. The third-order valence-corrected chi connectivity index (χ3v) is 3.97. The Balaban J connectivity index is 2.45. The van der Waals surface area contributed by atoms with E-state index in [0.717, 1.165) is 5.56 Å². The molecule has 0 aromatic heterocycles. The molecule has 22 heavy (non-hydrogen) atoms. The predicted octanol–water partition coefficient (Wildman–Crippen LogP) is 3.31. The van der Waals surface area contributed by atoms with Gasteiger partial charge in [-0.2, -0.15) is 0 Å². The van der Waals surface area contributed by atoms with Crippen molar-refractivity contribution in [1.29, 1.82) is 0 Å². The average Bonchev–Trinajstić information content (AvgIpc) is 2.51. The highest BCUT2D eigenvalue weighted by molar-refractivity contribution is 6.04. The maximum Gasteiger partial charge on any atom is 0.178 e. The fraction of sp³-hybridized carbons (Fsp3) is 0.278. The first kappa shape index (κ1) is 16.0. The number of benzene rings is 1. The summed E-state index contributed by atoms with van der Waals surface area (Å²) in [5.74, 6) is -0.923. The second-order valence-electron chi connectivity index (χ2n) is 5.93. The third-order valence-electron chi connectivity index (χ3n) is 3.97. The van der Waals surface area contributed by atoms with Crippen LogP contribution in [0.25, 0.3) is 6.08 Å². The van der Waals surface area contributed by atoms with Gasteiger partial charge in [0.25, 0.3) is 0 Å². The molecule has 1 unspecified atom stereocenters. The molecule has 0 heterocycles. The van der Waals surface area contributed by atoms with E-state index >= 15 is 0 Å². The molecular weight excluding hydrogens is 280 g/mol. The topological polar surface area (TPSA) is 77.8 Å². The van der Waals surface area contributed by atoms with Crippen LogP contribution in [-0.4, -0.2) is 27.2 Å². The predicted molar refractivity (Wildman–Crippen MR) is 85.3 cm³/mol. The first-order valence-corrected chi connectivity index (χ1v) is 7.06. The van der Waals surface area contributed by atoms with Crippen molar-refractivity contribution >= 4 is 11.9 Å². The van der Waals surface area contributed by atoms with Crippen LogP contribution < -0.4 is 0 Å². The van der Waals surface area contributed by atoms with Gasteiger partial charge in [0.15, 0.2) is 5.78 Å². The molecule has 3 N–H and O–H groups in total. The van der Waals surface area contributed by atoms with E-state index in [-0.39, 0.29) is 22.7 Å². The second kappa shape index (κ2) is 5.81. The molecule has 1 aromatic rings. The zero-order valence-corrected chi connectivity index (χ0v) is 12.9. The van der Waals surface area contributed by atoms with Crippen LogP contribution in [0.1, 0.15) is 26.3 Å². The molecule has 0 spiro atoms. The fourth-order valence-electron chi connectivity index (χ4n) is 2.49. The molecule has 4 nitrogen and oxygen atoms in total. The zero-order chi connectivity index (χ0) is 16.5. The molecule has 0 fully saturated rings. The van der Waals surface area contributed by atoms with Crippen molar-refractivity contribution in [2.75, 3.05) is 0 Å². The van der Waals surface area contributed by atoms with Crippen LogP contribution in [0.2, 0.25) is 0 Å². The Bertz CT molecular complexity index is 678. The summed E-state index contributed by atoms with van der Waals surface area (Å²) in [6.07, 6.45) is 1.74. The smallest absolute Gasteiger partial charge is 0.178 e. The molecule has 1 aromatic carbocycles. The van der Waals surface area contributed by atoms with Crippen molar-refractivity contribution in [2.24, 2.45) is 5.41 Å². The Morgan fingerprint density at radius 2 is 1.82 bits per heavy atom. The SMILES string of the molecule is CC1=C(O)C(C)(C)C(=O)/C(=C(O)\C=C\c2ccccc2)C1O. The summed E-state index contributed by atoms with van der Waals surface area (Å²) >= 11 is 0. The Kier molecular flexibility index (Phi) is 4.24. The lowest BCUT2D eigenvalue weighted by Gasteiger charge is -2.33. The fourth-order valence-corrected chi connectivity index (χ4v) is 2.49. The Hall–Kier alpha value is -2.33. The zero-order valence-electron chi connectivity index (χ0n) is 12.9. The van der Waals surface area contributed by atoms with E-state index in [9.17, 15) is 20.1 Å². The maximum atomic E-state index is 12.5. The molecule has 1 aliphatic rings. The summed E-state index contributed by atoms with van der Waals surface area (Å²) in [5, 5.41) is 30.4. The van der Waals surface area contributed by atoms with Gasteiger partial charge < -0.3 is 15.3 Å². The van der Waals surface area contributed by atoms with Crippen LogP contribution in [0.15, 0.2) is 59.1 Å². The summed E-state index contributed by atoms with van der Waals surface area (Å²) < 4.78 is 0. The van der Waals surface area contributed by atoms with Crippen LogP contribution in [0.4, 0.5) is 0 Å². The largest absolute Gasteiger partial charge is 0.511 e. The quantitative estimate of drug-likeness (QED) is 0.578. The highest BCUT2D eigenvalue weighted by Crippen LogP contribution is 2.39. The molecule has 0 bridgehead atoms. The number of hydrogen-bond acceptors (Lipinski definition) is 4. The summed E-state index contributed by atoms with van der Waals surface area (Å²) in [7, 11) is 0. The van der Waals surface area contributed by atoms with Crippen LogP contribution in [0, 0.1) is 5.41 Å². The number of allylic oxidation sites excluding steroid dienone is 2. The van der Waals surface area contributed by atoms with E-state index in [1.165, 1.54) is 6.08 Å². The molecule has 0 saturated heterocycles. The lowest BCUT2D eigenvalue weighted by molar-refractivity contribution is -0.124. The molecule has 0 saturated carbocycles. The van der Waals surface area contributed by atoms with Crippen molar-refractivity contribution in [3.05, 3.63) is 64.6 Å². The monoisotopic (exact) mass is 300 g/mol. The van der Waals surface area contributed by atoms with Gasteiger partial charge >= 0.3 is 0 Å². The highest BCUT2D eigenvalue weighted by atomic mass is 16.3. The van der Waals surface area contributed by atoms with Gasteiger partial charge in [-0.1, -0.05) is 36.4 Å². The van der Waals surface area contributed by atoms with Crippen LogP contribution in [0.3, 0.4) is 0 Å². The first-order chi connectivity index (χ1) is 10.3. The van der Waals surface area contributed by atoms with Gasteiger partial charge in [-0.15, -0.1) is 0 Å². The van der Waals surface area contributed by atoms with Crippen molar-refractivity contribution in [2.45, 2.75) is 26.9 Å². The van der Waals surface area contributed by atoms with Gasteiger partial charge in [-0.05, 0) is 38.0 Å². The number of aliphatic hydroxyl groups excluding tert-OH is 3. The number of ketones is 1. The van der Waals surface area contributed by atoms with Crippen molar-refractivity contribution in [3.8, 4) is 0 Å². The maximum absolute atomic E-state index is 12.5. The standard InChI is InChI=1S/C18H20O4/c1-11-15(20)14(17(22)18(2,3)16(11)21)13(19)10-9-12-7-5-4-6-8-12/h4-10,15,19-21H,1-3H3/b10-9+,14-13+. The summed E-state index contributed by atoms with van der Waals surface area (Å²) in [6, 6.07) is 9.31. The van der Waals surface area contributed by atoms with Gasteiger partial charge in [0.1, 0.15) is 17.6 Å². The lowest BCUT2D eigenvalue weighted by Crippen LogP contribution is -2.40. The lowest BCUT2D eigenvalue weighted by atomic mass is 9.72. The average molecular weight is 300 g/mol. The Morgan fingerprint density at radius 3 is 2.41 bits per heavy atom. The molecular formula is C18H20O4. The summed E-state index contributed by atoms with van der Waals surface area (Å²) in [5.41, 5.74) is -0.110. The van der Waals surface area contributed by atoms with Crippen LogP contribution in [0.5, 0.6) is 0 Å². The summed E-state index contributed by atoms with van der Waals surface area (Å²) in [6.45, 7) is 4.67. The number of carbonyl (C=O) groups is 1. The van der Waals surface area contributed by atoms with Crippen molar-refractivity contribution < 1.29 is 20.1 Å². The van der Waals surface area contributed by atoms with Crippen molar-refractivity contribution in [1.82, 2.24) is 0 Å². The number of carbonyl (C=O) groups excluding carboxylic acids is 1. The molecule has 0 radical (unpaired) electrons. The third kappa shape index (κ3) is 2.70. The Morgan fingerprint density at radius 1 is 1.23 bits per heavy atom.